The van der Waals surface area contributed by atoms with Crippen LogP contribution >= 0.6 is 0 Å². The van der Waals surface area contributed by atoms with E-state index in [2.05, 4.69) is 14.6 Å². The van der Waals surface area contributed by atoms with Crippen LogP contribution in [0.25, 0.3) is 0 Å². The molecule has 0 saturated carbocycles. The Hall–Kier alpha value is -1.30. The SMILES string of the molecule is CCS(=O)(=O)Nc1cnc(N2CCCCC2)c(C)c1. The highest BCUT2D eigenvalue weighted by Crippen LogP contribution is 2.23. The number of pyridine rings is 1. The second kappa shape index (κ2) is 5.77. The molecule has 0 aliphatic carbocycles. The smallest absolute Gasteiger partial charge is 0.232 e. The van der Waals surface area contributed by atoms with Gasteiger partial charge in [-0.2, -0.15) is 0 Å². The monoisotopic (exact) mass is 283 g/mol. The zero-order chi connectivity index (χ0) is 13.9. The Balaban J connectivity index is 2.17. The molecule has 1 aliphatic rings. The third-order valence-electron chi connectivity index (χ3n) is 3.36. The lowest BCUT2D eigenvalue weighted by Crippen LogP contribution is -2.30. The van der Waals surface area contributed by atoms with Gasteiger partial charge in [-0.1, -0.05) is 0 Å². The quantitative estimate of drug-likeness (QED) is 0.919. The molecule has 2 heterocycles. The molecule has 0 atom stereocenters. The van der Waals surface area contributed by atoms with Gasteiger partial charge in [-0.25, -0.2) is 13.4 Å². The normalized spacial score (nSPS) is 16.4. The molecule has 106 valence electrons. The Morgan fingerprint density at radius 1 is 1.32 bits per heavy atom. The summed E-state index contributed by atoms with van der Waals surface area (Å²) in [4.78, 5) is 6.69. The van der Waals surface area contributed by atoms with Crippen molar-refractivity contribution in [2.45, 2.75) is 33.1 Å². The van der Waals surface area contributed by atoms with Crippen LogP contribution in [0.15, 0.2) is 12.3 Å². The van der Waals surface area contributed by atoms with Gasteiger partial charge in [-0.3, -0.25) is 4.72 Å². The predicted molar refractivity (Wildman–Crippen MR) is 78.1 cm³/mol. The van der Waals surface area contributed by atoms with Crippen molar-refractivity contribution in [3.63, 3.8) is 0 Å². The number of hydrogen-bond acceptors (Lipinski definition) is 4. The second-order valence-corrected chi connectivity index (χ2v) is 6.93. The number of aromatic nitrogens is 1. The van der Waals surface area contributed by atoms with E-state index >= 15 is 0 Å². The van der Waals surface area contributed by atoms with Crippen LogP contribution in [0, 0.1) is 6.92 Å². The highest BCUT2D eigenvalue weighted by molar-refractivity contribution is 7.92. The molecule has 0 unspecified atom stereocenters. The van der Waals surface area contributed by atoms with E-state index in [4.69, 9.17) is 0 Å². The molecule has 5 nitrogen and oxygen atoms in total. The predicted octanol–water partition coefficient (Wildman–Crippen LogP) is 2.14. The fourth-order valence-corrected chi connectivity index (χ4v) is 2.93. The van der Waals surface area contributed by atoms with E-state index in [0.29, 0.717) is 5.69 Å². The maximum absolute atomic E-state index is 11.5. The standard InChI is InChI=1S/C13H21N3O2S/c1-3-19(17,18)15-12-9-11(2)13(14-10-12)16-7-5-4-6-8-16/h9-10,15H,3-8H2,1-2H3. The minimum atomic E-state index is -3.23. The summed E-state index contributed by atoms with van der Waals surface area (Å²) in [6.07, 6.45) is 5.28. The Bertz CT molecular complexity index is 537. The zero-order valence-corrected chi connectivity index (χ0v) is 12.3. The number of rotatable bonds is 4. The van der Waals surface area contributed by atoms with Crippen LogP contribution in [-0.2, 0) is 10.0 Å². The van der Waals surface area contributed by atoms with E-state index in [9.17, 15) is 8.42 Å². The van der Waals surface area contributed by atoms with E-state index < -0.39 is 10.0 Å². The summed E-state index contributed by atoms with van der Waals surface area (Å²) in [6.45, 7) is 5.66. The Labute approximate surface area is 115 Å². The van der Waals surface area contributed by atoms with Crippen LogP contribution in [0.5, 0.6) is 0 Å². The number of hydrogen-bond donors (Lipinski definition) is 1. The molecule has 0 amide bonds. The summed E-state index contributed by atoms with van der Waals surface area (Å²) in [6, 6.07) is 1.85. The largest absolute Gasteiger partial charge is 0.356 e. The van der Waals surface area contributed by atoms with Crippen molar-refractivity contribution in [1.29, 1.82) is 0 Å². The molecule has 6 heteroatoms. The van der Waals surface area contributed by atoms with E-state index in [1.165, 1.54) is 19.3 Å². The van der Waals surface area contributed by atoms with Crippen LogP contribution in [0.4, 0.5) is 11.5 Å². The molecule has 1 N–H and O–H groups in total. The van der Waals surface area contributed by atoms with Gasteiger partial charge in [-0.15, -0.1) is 0 Å². The number of sulfonamides is 1. The third-order valence-corrected chi connectivity index (χ3v) is 4.67. The topological polar surface area (TPSA) is 62.3 Å². The third kappa shape index (κ3) is 3.59. The van der Waals surface area contributed by atoms with E-state index in [0.717, 1.165) is 24.5 Å². The van der Waals surface area contributed by atoms with Crippen molar-refractivity contribution in [2.24, 2.45) is 0 Å². The highest BCUT2D eigenvalue weighted by Gasteiger charge is 2.15. The summed E-state index contributed by atoms with van der Waals surface area (Å²) in [7, 11) is -3.23. The lowest BCUT2D eigenvalue weighted by molar-refractivity contribution is 0.572. The van der Waals surface area contributed by atoms with Gasteiger partial charge in [0.25, 0.3) is 0 Å². The molecule has 19 heavy (non-hydrogen) atoms. The van der Waals surface area contributed by atoms with Crippen LogP contribution in [0.1, 0.15) is 31.7 Å². The van der Waals surface area contributed by atoms with Crippen molar-refractivity contribution in [2.75, 3.05) is 28.5 Å². The van der Waals surface area contributed by atoms with E-state index in [-0.39, 0.29) is 5.75 Å². The van der Waals surface area contributed by atoms with Gasteiger partial charge in [0.15, 0.2) is 0 Å². The summed E-state index contributed by atoms with van der Waals surface area (Å²) >= 11 is 0. The van der Waals surface area contributed by atoms with E-state index in [1.54, 1.807) is 13.1 Å². The van der Waals surface area contributed by atoms with Crippen molar-refractivity contribution >= 4 is 21.5 Å². The lowest BCUT2D eigenvalue weighted by atomic mass is 10.1. The van der Waals surface area contributed by atoms with Crippen molar-refractivity contribution in [1.82, 2.24) is 4.98 Å². The first-order chi connectivity index (χ1) is 9.02. The molecule has 2 rings (SSSR count). The number of nitrogens with zero attached hydrogens (tertiary/aromatic N) is 2. The number of nitrogens with one attached hydrogen (secondary N) is 1. The fourth-order valence-electron chi connectivity index (χ4n) is 2.31. The first-order valence-corrected chi connectivity index (χ1v) is 8.39. The average molecular weight is 283 g/mol. The van der Waals surface area contributed by atoms with Gasteiger partial charge in [0.1, 0.15) is 5.82 Å². The molecule has 1 aromatic heterocycles. The van der Waals surface area contributed by atoms with Crippen molar-refractivity contribution in [3.8, 4) is 0 Å². The first-order valence-electron chi connectivity index (χ1n) is 6.74. The highest BCUT2D eigenvalue weighted by atomic mass is 32.2. The van der Waals surface area contributed by atoms with Gasteiger partial charge < -0.3 is 4.90 Å². The molecule has 0 spiro atoms. The van der Waals surface area contributed by atoms with Gasteiger partial charge in [0.2, 0.25) is 10.0 Å². The second-order valence-electron chi connectivity index (χ2n) is 4.92. The van der Waals surface area contributed by atoms with Crippen molar-refractivity contribution < 1.29 is 8.42 Å². The van der Waals surface area contributed by atoms with Crippen LogP contribution in [0.3, 0.4) is 0 Å². The van der Waals surface area contributed by atoms with Gasteiger partial charge >= 0.3 is 0 Å². The molecule has 0 aromatic carbocycles. The summed E-state index contributed by atoms with van der Waals surface area (Å²) in [5.41, 5.74) is 1.55. The van der Waals surface area contributed by atoms with Crippen molar-refractivity contribution in [3.05, 3.63) is 17.8 Å². The minimum Gasteiger partial charge on any atom is -0.356 e. The molecule has 1 fully saturated rings. The van der Waals surface area contributed by atoms with Gasteiger partial charge in [0, 0.05) is 13.1 Å². The maximum atomic E-state index is 11.5. The molecule has 0 radical (unpaired) electrons. The molecule has 1 saturated heterocycles. The fraction of sp³-hybridized carbons (Fsp3) is 0.615. The summed E-state index contributed by atoms with van der Waals surface area (Å²) in [5, 5.41) is 0. The number of piperidine rings is 1. The molecular weight excluding hydrogens is 262 g/mol. The first kappa shape index (κ1) is 14.1. The molecule has 1 aliphatic heterocycles. The Morgan fingerprint density at radius 2 is 2.00 bits per heavy atom. The maximum Gasteiger partial charge on any atom is 0.232 e. The molecule has 0 bridgehead atoms. The van der Waals surface area contributed by atoms with Gasteiger partial charge in [0.05, 0.1) is 17.6 Å². The molecular formula is C13H21N3O2S. The lowest BCUT2D eigenvalue weighted by Gasteiger charge is -2.29. The van der Waals surface area contributed by atoms with Gasteiger partial charge in [-0.05, 0) is 44.7 Å². The summed E-state index contributed by atoms with van der Waals surface area (Å²) in [5.74, 6) is 1.04. The Morgan fingerprint density at radius 3 is 2.58 bits per heavy atom. The summed E-state index contributed by atoms with van der Waals surface area (Å²) < 4.78 is 25.6. The van der Waals surface area contributed by atoms with Crippen LogP contribution in [0.2, 0.25) is 0 Å². The Kier molecular flexibility index (Phi) is 4.29. The van der Waals surface area contributed by atoms with Crippen LogP contribution in [-0.4, -0.2) is 32.2 Å². The zero-order valence-electron chi connectivity index (χ0n) is 11.5. The number of anilines is 2. The van der Waals surface area contributed by atoms with Crippen LogP contribution < -0.4 is 9.62 Å². The van der Waals surface area contributed by atoms with E-state index in [1.807, 2.05) is 13.0 Å². The minimum absolute atomic E-state index is 0.0694. The number of aryl methyl sites for hydroxylation is 1. The average Bonchev–Trinajstić information content (AvgIpc) is 2.39. The molecule has 1 aromatic rings.